The van der Waals surface area contributed by atoms with E-state index in [0.717, 1.165) is 22.1 Å². The average Bonchev–Trinajstić information content (AvgIpc) is 3.07. The van der Waals surface area contributed by atoms with Crippen LogP contribution in [0.1, 0.15) is 16.8 Å². The molecule has 0 bridgehead atoms. The van der Waals surface area contributed by atoms with Crippen molar-refractivity contribution in [1.82, 2.24) is 5.16 Å². The molecular weight excluding hydrogens is 352 g/mol. The Morgan fingerprint density at radius 3 is 2.61 bits per heavy atom. The first-order chi connectivity index (χ1) is 13.6. The fourth-order valence-corrected chi connectivity index (χ4v) is 3.19. The number of fused-ring (bicyclic) bond motifs is 1. The number of carbonyl (C=O) groups is 1. The summed E-state index contributed by atoms with van der Waals surface area (Å²) in [6.45, 7) is 3.99. The van der Waals surface area contributed by atoms with Crippen LogP contribution >= 0.6 is 0 Å². The molecule has 1 N–H and O–H groups in total. The Balaban J connectivity index is 1.54. The maximum absolute atomic E-state index is 12.6. The minimum Gasteiger partial charge on any atom is -0.455 e. The molecule has 0 fully saturated rings. The number of aromatic nitrogens is 1. The number of ether oxygens (including phenoxy) is 1. The Kier molecular flexibility index (Phi) is 4.81. The van der Waals surface area contributed by atoms with Crippen LogP contribution < -0.4 is 10.1 Å². The Bertz CT molecular complexity index is 1130. The highest BCUT2D eigenvalue weighted by atomic mass is 16.5. The molecule has 1 heterocycles. The van der Waals surface area contributed by atoms with Crippen molar-refractivity contribution in [1.29, 1.82) is 0 Å². The molecule has 1 aromatic heterocycles. The lowest BCUT2D eigenvalue weighted by Crippen LogP contribution is -2.15. The van der Waals surface area contributed by atoms with Crippen molar-refractivity contribution in [2.24, 2.45) is 0 Å². The van der Waals surface area contributed by atoms with Gasteiger partial charge in [-0.1, -0.05) is 41.6 Å². The number of benzene rings is 3. The van der Waals surface area contributed by atoms with Crippen molar-refractivity contribution >= 4 is 22.6 Å². The van der Waals surface area contributed by atoms with E-state index in [9.17, 15) is 4.79 Å². The zero-order chi connectivity index (χ0) is 19.5. The molecule has 4 rings (SSSR count). The molecule has 0 aliphatic rings. The van der Waals surface area contributed by atoms with E-state index in [0.29, 0.717) is 22.9 Å². The van der Waals surface area contributed by atoms with Crippen LogP contribution in [0.25, 0.3) is 11.0 Å². The molecule has 0 unspecified atom stereocenters. The van der Waals surface area contributed by atoms with E-state index >= 15 is 0 Å². The van der Waals surface area contributed by atoms with Gasteiger partial charge >= 0.3 is 0 Å². The number of rotatable bonds is 5. The topological polar surface area (TPSA) is 64.4 Å². The van der Waals surface area contributed by atoms with Crippen LogP contribution in [0.5, 0.6) is 11.5 Å². The molecule has 5 heteroatoms. The SMILES string of the molecule is Cc1cc(C)c2onc(CC(=O)Nc3ccccc3Oc3ccccc3)c2c1. The third kappa shape index (κ3) is 3.74. The van der Waals surface area contributed by atoms with Gasteiger partial charge in [0, 0.05) is 5.39 Å². The summed E-state index contributed by atoms with van der Waals surface area (Å²) in [5.41, 5.74) is 4.07. The van der Waals surface area contributed by atoms with Crippen LogP contribution in [0, 0.1) is 13.8 Å². The molecule has 1 amide bonds. The highest BCUT2D eigenvalue weighted by Crippen LogP contribution is 2.29. The quantitative estimate of drug-likeness (QED) is 0.508. The lowest BCUT2D eigenvalue weighted by Gasteiger charge is -2.12. The van der Waals surface area contributed by atoms with E-state index in [-0.39, 0.29) is 12.3 Å². The molecule has 4 aromatic rings. The number of hydrogen-bond donors (Lipinski definition) is 1. The average molecular weight is 372 g/mol. The largest absolute Gasteiger partial charge is 0.455 e. The molecule has 0 spiro atoms. The number of carbonyl (C=O) groups excluding carboxylic acids is 1. The van der Waals surface area contributed by atoms with Gasteiger partial charge in [0.2, 0.25) is 5.91 Å². The molecule has 0 saturated heterocycles. The van der Waals surface area contributed by atoms with Crippen LogP contribution in [0.15, 0.2) is 71.3 Å². The molecule has 0 radical (unpaired) electrons. The molecule has 0 saturated carbocycles. The van der Waals surface area contributed by atoms with E-state index < -0.39 is 0 Å². The van der Waals surface area contributed by atoms with Crippen LogP contribution in [0.3, 0.4) is 0 Å². The molecule has 0 aliphatic heterocycles. The maximum Gasteiger partial charge on any atom is 0.230 e. The molecule has 0 atom stereocenters. The van der Waals surface area contributed by atoms with Crippen molar-refractivity contribution in [3.63, 3.8) is 0 Å². The van der Waals surface area contributed by atoms with Crippen molar-refractivity contribution in [3.8, 4) is 11.5 Å². The monoisotopic (exact) mass is 372 g/mol. The Labute approximate surface area is 162 Å². The van der Waals surface area contributed by atoms with E-state index in [2.05, 4.69) is 10.5 Å². The standard InChI is InChI=1S/C23H20N2O3/c1-15-12-16(2)23-18(13-15)20(25-28-23)14-22(26)24-19-10-6-7-11-21(19)27-17-8-4-3-5-9-17/h3-13H,14H2,1-2H3,(H,24,26). The zero-order valence-electron chi connectivity index (χ0n) is 15.7. The number of nitrogens with one attached hydrogen (secondary N) is 1. The number of amides is 1. The second kappa shape index (κ2) is 7.56. The van der Waals surface area contributed by atoms with E-state index in [4.69, 9.17) is 9.26 Å². The van der Waals surface area contributed by atoms with E-state index in [1.165, 1.54) is 0 Å². The predicted octanol–water partition coefficient (Wildman–Crippen LogP) is 5.42. The molecule has 5 nitrogen and oxygen atoms in total. The second-order valence-corrected chi connectivity index (χ2v) is 6.72. The highest BCUT2D eigenvalue weighted by Gasteiger charge is 2.16. The first kappa shape index (κ1) is 17.8. The highest BCUT2D eigenvalue weighted by molar-refractivity contribution is 5.96. The van der Waals surface area contributed by atoms with Crippen molar-refractivity contribution < 1.29 is 14.1 Å². The number of nitrogens with zero attached hydrogens (tertiary/aromatic N) is 1. The van der Waals surface area contributed by atoms with E-state index in [1.807, 2.05) is 80.6 Å². The first-order valence-corrected chi connectivity index (χ1v) is 9.07. The Morgan fingerprint density at radius 2 is 1.79 bits per heavy atom. The molecule has 0 aliphatic carbocycles. The summed E-state index contributed by atoms with van der Waals surface area (Å²) >= 11 is 0. The van der Waals surface area contributed by atoms with Crippen LogP contribution in [0.4, 0.5) is 5.69 Å². The third-order valence-corrected chi connectivity index (χ3v) is 4.44. The number of anilines is 1. The summed E-state index contributed by atoms with van der Waals surface area (Å²) in [6, 6.07) is 20.8. The van der Waals surface area contributed by atoms with Gasteiger partial charge in [0.05, 0.1) is 12.1 Å². The summed E-state index contributed by atoms with van der Waals surface area (Å²) in [5, 5.41) is 7.90. The molecule has 3 aromatic carbocycles. The third-order valence-electron chi connectivity index (χ3n) is 4.44. The minimum atomic E-state index is -0.182. The van der Waals surface area contributed by atoms with Crippen molar-refractivity contribution in [2.45, 2.75) is 20.3 Å². The van der Waals surface area contributed by atoms with Gasteiger partial charge in [-0.15, -0.1) is 0 Å². The summed E-state index contributed by atoms with van der Waals surface area (Å²) in [7, 11) is 0. The van der Waals surface area contributed by atoms with Gasteiger partial charge in [0.25, 0.3) is 0 Å². The fourth-order valence-electron chi connectivity index (χ4n) is 3.19. The van der Waals surface area contributed by atoms with E-state index in [1.54, 1.807) is 0 Å². The minimum absolute atomic E-state index is 0.121. The van der Waals surface area contributed by atoms with Crippen LogP contribution in [-0.4, -0.2) is 11.1 Å². The summed E-state index contributed by atoms with van der Waals surface area (Å²) in [4.78, 5) is 12.6. The first-order valence-electron chi connectivity index (χ1n) is 9.07. The lowest BCUT2D eigenvalue weighted by molar-refractivity contribution is -0.115. The smallest absolute Gasteiger partial charge is 0.230 e. The summed E-state index contributed by atoms with van der Waals surface area (Å²) < 4.78 is 11.3. The van der Waals surface area contributed by atoms with Crippen molar-refractivity contribution in [2.75, 3.05) is 5.32 Å². The lowest BCUT2D eigenvalue weighted by atomic mass is 10.1. The number of hydrogen-bond acceptors (Lipinski definition) is 4. The van der Waals surface area contributed by atoms with Gasteiger partial charge in [-0.3, -0.25) is 4.79 Å². The Hall–Kier alpha value is -3.60. The van der Waals surface area contributed by atoms with Crippen molar-refractivity contribution in [3.05, 3.63) is 83.6 Å². The zero-order valence-corrected chi connectivity index (χ0v) is 15.7. The van der Waals surface area contributed by atoms with Crippen LogP contribution in [0.2, 0.25) is 0 Å². The van der Waals surface area contributed by atoms with Gasteiger partial charge in [0.15, 0.2) is 11.3 Å². The Morgan fingerprint density at radius 1 is 1.04 bits per heavy atom. The summed E-state index contributed by atoms with van der Waals surface area (Å²) in [5.74, 6) is 1.11. The van der Waals surface area contributed by atoms with Gasteiger partial charge < -0.3 is 14.6 Å². The van der Waals surface area contributed by atoms with Gasteiger partial charge in [-0.25, -0.2) is 0 Å². The second-order valence-electron chi connectivity index (χ2n) is 6.72. The fraction of sp³-hybridized carbons (Fsp3) is 0.130. The molecular formula is C23H20N2O3. The maximum atomic E-state index is 12.6. The number of aryl methyl sites for hydroxylation is 2. The number of para-hydroxylation sites is 3. The van der Waals surface area contributed by atoms with Gasteiger partial charge in [-0.05, 0) is 55.3 Å². The van der Waals surface area contributed by atoms with Gasteiger partial charge in [-0.2, -0.15) is 0 Å². The van der Waals surface area contributed by atoms with Crippen LogP contribution in [-0.2, 0) is 11.2 Å². The molecule has 28 heavy (non-hydrogen) atoms. The summed E-state index contributed by atoms with van der Waals surface area (Å²) in [6.07, 6.45) is 0.121. The van der Waals surface area contributed by atoms with Gasteiger partial charge in [0.1, 0.15) is 11.4 Å². The predicted molar refractivity (Wildman–Crippen MR) is 109 cm³/mol. The normalized spacial score (nSPS) is 10.8. The molecule has 140 valence electrons.